The Labute approximate surface area is 221 Å². The van der Waals surface area contributed by atoms with Gasteiger partial charge in [-0.2, -0.15) is 0 Å². The maximum absolute atomic E-state index is 13.3. The van der Waals surface area contributed by atoms with E-state index in [1.54, 1.807) is 14.0 Å². The lowest BCUT2D eigenvalue weighted by molar-refractivity contribution is 0.101. The summed E-state index contributed by atoms with van der Waals surface area (Å²) in [6.07, 6.45) is 0.548. The average Bonchev–Trinajstić information content (AvgIpc) is 3.42. The van der Waals surface area contributed by atoms with Gasteiger partial charge in [-0.25, -0.2) is 4.98 Å². The monoisotopic (exact) mass is 519 g/mol. The van der Waals surface area contributed by atoms with Crippen molar-refractivity contribution < 1.29 is 19.4 Å². The molecule has 0 bridgehead atoms. The fourth-order valence-electron chi connectivity index (χ4n) is 5.00. The minimum atomic E-state index is -0.255. The third-order valence-electron chi connectivity index (χ3n) is 6.75. The van der Waals surface area contributed by atoms with E-state index in [9.17, 15) is 14.7 Å². The van der Waals surface area contributed by atoms with Crippen LogP contribution in [0, 0.1) is 6.92 Å². The average molecular weight is 520 g/mol. The lowest BCUT2D eigenvalue weighted by atomic mass is 10.0. The molecule has 1 amide bonds. The molecule has 1 aliphatic rings. The summed E-state index contributed by atoms with van der Waals surface area (Å²) in [5, 5.41) is 14.7. The summed E-state index contributed by atoms with van der Waals surface area (Å²) >= 11 is 1.33. The third kappa shape index (κ3) is 5.29. The Morgan fingerprint density at radius 3 is 2.70 bits per heavy atom. The standard InChI is InChI=1S/C28H29N3O4S.CH4/c1-16-25-19(15-35-3)7-8-21(17(2)32)27(25)36-26(16)28(34)30-24-10-9-22-18(5-4-6-23(22)29-24)13-31-12-11-20(33)14-31;/h4-10,20,33H,11-15H2,1-3H3,(H,29,30,34);1H4/t20-;/m1./s1. The van der Waals surface area contributed by atoms with E-state index < -0.39 is 0 Å². The SMILES string of the molecule is C.COCc1ccc(C(C)=O)c2sc(C(=O)Nc3ccc4c(CN5CC[C@@H](O)C5)cccc4n3)c(C)c12. The number of carbonyl (C=O) groups is 2. The van der Waals surface area contributed by atoms with Crippen LogP contribution in [-0.4, -0.2) is 53.0 Å². The zero-order valence-electron chi connectivity index (χ0n) is 20.6. The van der Waals surface area contributed by atoms with Crippen LogP contribution in [0.25, 0.3) is 21.0 Å². The zero-order valence-corrected chi connectivity index (χ0v) is 21.4. The number of amides is 1. The maximum atomic E-state index is 13.3. The number of aryl methyl sites for hydroxylation is 1. The minimum Gasteiger partial charge on any atom is -0.392 e. The van der Waals surface area contributed by atoms with Crippen LogP contribution >= 0.6 is 11.3 Å². The number of carbonyl (C=O) groups excluding carboxylic acids is 2. The van der Waals surface area contributed by atoms with Crippen LogP contribution in [0.2, 0.25) is 0 Å². The Bertz CT molecular complexity index is 1480. The van der Waals surface area contributed by atoms with Crippen molar-refractivity contribution in [3.8, 4) is 0 Å². The first-order chi connectivity index (χ1) is 17.4. The first kappa shape index (κ1) is 26.9. The second-order valence-corrected chi connectivity index (χ2v) is 10.4. The van der Waals surface area contributed by atoms with E-state index in [0.717, 1.165) is 57.2 Å². The second-order valence-electron chi connectivity index (χ2n) is 9.33. The summed E-state index contributed by atoms with van der Waals surface area (Å²) < 4.78 is 6.16. The molecular weight excluding hydrogens is 486 g/mol. The van der Waals surface area contributed by atoms with E-state index in [-0.39, 0.29) is 25.2 Å². The molecule has 5 rings (SSSR count). The van der Waals surface area contributed by atoms with Crippen molar-refractivity contribution in [2.75, 3.05) is 25.5 Å². The second kappa shape index (κ2) is 11.1. The first-order valence-corrected chi connectivity index (χ1v) is 12.8. The number of likely N-dealkylation sites (tertiary alicyclic amines) is 1. The number of ether oxygens (including phenoxy) is 1. The number of aliphatic hydroxyl groups excluding tert-OH is 1. The fraction of sp³-hybridized carbons (Fsp3) is 0.345. The molecule has 1 fully saturated rings. The van der Waals surface area contributed by atoms with Crippen LogP contribution in [0.4, 0.5) is 5.82 Å². The van der Waals surface area contributed by atoms with Crippen LogP contribution in [0.15, 0.2) is 42.5 Å². The van der Waals surface area contributed by atoms with Crippen molar-refractivity contribution in [1.29, 1.82) is 0 Å². The summed E-state index contributed by atoms with van der Waals surface area (Å²) in [6.45, 7) is 6.17. The number of nitrogens with one attached hydrogen (secondary N) is 1. The van der Waals surface area contributed by atoms with Gasteiger partial charge in [0.25, 0.3) is 5.91 Å². The van der Waals surface area contributed by atoms with Crippen LogP contribution in [0.3, 0.4) is 0 Å². The number of thiophene rings is 1. The van der Waals surface area contributed by atoms with Gasteiger partial charge in [0.05, 0.1) is 23.1 Å². The Balaban J connectivity index is 0.00000320. The number of aliphatic hydroxyl groups is 1. The highest BCUT2D eigenvalue weighted by Gasteiger charge is 2.23. The van der Waals surface area contributed by atoms with Crippen LogP contribution < -0.4 is 5.32 Å². The Hall–Kier alpha value is -3.17. The van der Waals surface area contributed by atoms with Crippen molar-refractivity contribution in [2.24, 2.45) is 0 Å². The summed E-state index contributed by atoms with van der Waals surface area (Å²) in [7, 11) is 1.63. The molecule has 0 unspecified atom stereocenters. The molecule has 2 aromatic carbocycles. The molecule has 7 nitrogen and oxygen atoms in total. The van der Waals surface area contributed by atoms with Gasteiger partial charge in [-0.05, 0) is 61.2 Å². The van der Waals surface area contributed by atoms with E-state index in [1.165, 1.54) is 11.3 Å². The van der Waals surface area contributed by atoms with Crippen LogP contribution in [-0.2, 0) is 17.9 Å². The Morgan fingerprint density at radius 2 is 2.00 bits per heavy atom. The van der Waals surface area contributed by atoms with Crippen molar-refractivity contribution in [1.82, 2.24) is 9.88 Å². The molecule has 1 aliphatic heterocycles. The van der Waals surface area contributed by atoms with Crippen molar-refractivity contribution in [2.45, 2.75) is 47.0 Å². The van der Waals surface area contributed by atoms with Gasteiger partial charge in [0, 0.05) is 47.8 Å². The van der Waals surface area contributed by atoms with Crippen molar-refractivity contribution >= 4 is 49.8 Å². The van der Waals surface area contributed by atoms with Gasteiger partial charge in [-0.1, -0.05) is 25.6 Å². The molecule has 1 saturated heterocycles. The number of anilines is 1. The molecule has 3 heterocycles. The third-order valence-corrected chi connectivity index (χ3v) is 8.08. The van der Waals surface area contributed by atoms with Gasteiger partial charge in [-0.3, -0.25) is 14.5 Å². The molecular formula is C29H33N3O4S. The van der Waals surface area contributed by atoms with Gasteiger partial charge in [0.15, 0.2) is 5.78 Å². The number of hydrogen-bond acceptors (Lipinski definition) is 7. The number of Topliss-reactive ketones (excluding diaryl/α,β-unsaturated/α-hetero) is 1. The highest BCUT2D eigenvalue weighted by atomic mass is 32.1. The van der Waals surface area contributed by atoms with Gasteiger partial charge in [0.1, 0.15) is 5.82 Å². The molecule has 4 aromatic rings. The summed E-state index contributed by atoms with van der Waals surface area (Å²) in [6, 6.07) is 13.5. The lowest BCUT2D eigenvalue weighted by Gasteiger charge is -2.16. The highest BCUT2D eigenvalue weighted by molar-refractivity contribution is 7.21. The Kier molecular flexibility index (Phi) is 8.04. The van der Waals surface area contributed by atoms with Crippen molar-refractivity contribution in [3.63, 3.8) is 0 Å². The number of methoxy groups -OCH3 is 1. The number of ketones is 1. The number of nitrogens with zero attached hydrogens (tertiary/aromatic N) is 2. The van der Waals surface area contributed by atoms with E-state index >= 15 is 0 Å². The molecule has 8 heteroatoms. The minimum absolute atomic E-state index is 0. The van der Waals surface area contributed by atoms with E-state index in [1.807, 2.05) is 43.3 Å². The molecule has 0 radical (unpaired) electrons. The van der Waals surface area contributed by atoms with Gasteiger partial charge < -0.3 is 15.2 Å². The lowest BCUT2D eigenvalue weighted by Crippen LogP contribution is -2.21. The topological polar surface area (TPSA) is 91.8 Å². The quantitative estimate of drug-likeness (QED) is 0.311. The highest BCUT2D eigenvalue weighted by Crippen LogP contribution is 2.37. The number of fused-ring (bicyclic) bond motifs is 2. The number of rotatable bonds is 7. The van der Waals surface area contributed by atoms with E-state index in [0.29, 0.717) is 29.4 Å². The van der Waals surface area contributed by atoms with Crippen molar-refractivity contribution in [3.05, 3.63) is 69.6 Å². The summed E-state index contributed by atoms with van der Waals surface area (Å²) in [5.74, 6) is 0.190. The molecule has 1 atom stereocenters. The molecule has 0 saturated carbocycles. The molecule has 37 heavy (non-hydrogen) atoms. The van der Waals surface area contributed by atoms with Crippen LogP contribution in [0.5, 0.6) is 0 Å². The number of β-amino-alcohol motifs (C(OH)–C–C–N with tert-alkyl or cyclic N) is 1. The maximum Gasteiger partial charge on any atom is 0.267 e. The van der Waals surface area contributed by atoms with Gasteiger partial charge >= 0.3 is 0 Å². The predicted molar refractivity (Wildman–Crippen MR) is 150 cm³/mol. The zero-order chi connectivity index (χ0) is 25.4. The largest absolute Gasteiger partial charge is 0.392 e. The van der Waals surface area contributed by atoms with E-state index in [2.05, 4.69) is 16.3 Å². The molecule has 194 valence electrons. The number of aromatic nitrogens is 1. The summed E-state index contributed by atoms with van der Waals surface area (Å²) in [4.78, 5) is 33.1. The molecule has 0 spiro atoms. The molecule has 2 aromatic heterocycles. The van der Waals surface area contributed by atoms with Gasteiger partial charge in [-0.15, -0.1) is 11.3 Å². The molecule has 0 aliphatic carbocycles. The number of hydrogen-bond donors (Lipinski definition) is 2. The Morgan fingerprint density at radius 1 is 1.19 bits per heavy atom. The van der Waals surface area contributed by atoms with E-state index in [4.69, 9.17) is 9.72 Å². The van der Waals surface area contributed by atoms with Crippen LogP contribution in [0.1, 0.15) is 57.5 Å². The smallest absolute Gasteiger partial charge is 0.267 e. The number of pyridine rings is 1. The predicted octanol–water partition coefficient (Wildman–Crippen LogP) is 5.56. The normalized spacial score (nSPS) is 15.7. The summed E-state index contributed by atoms with van der Waals surface area (Å²) in [5.41, 5.74) is 4.35. The first-order valence-electron chi connectivity index (χ1n) is 12.0. The van der Waals surface area contributed by atoms with Gasteiger partial charge in [0.2, 0.25) is 0 Å². The number of benzene rings is 2. The molecule has 2 N–H and O–H groups in total. The fourth-order valence-corrected chi connectivity index (χ4v) is 6.31.